The Morgan fingerprint density at radius 2 is 2.28 bits per heavy atom. The fourth-order valence-corrected chi connectivity index (χ4v) is 2.38. The molecular formula is C16H18ClFN4O3. The van der Waals surface area contributed by atoms with Crippen molar-refractivity contribution in [3.8, 4) is 5.88 Å². The summed E-state index contributed by atoms with van der Waals surface area (Å²) in [6.07, 6.45) is 2.38. The summed E-state index contributed by atoms with van der Waals surface area (Å²) in [7, 11) is 1.43. The first-order valence-corrected chi connectivity index (χ1v) is 7.46. The van der Waals surface area contributed by atoms with Crippen molar-refractivity contribution >= 4 is 24.0 Å². The smallest absolute Gasteiger partial charge is 0.276 e. The minimum Gasteiger partial charge on any atom is -0.480 e. The van der Waals surface area contributed by atoms with Crippen LogP contribution in [-0.2, 0) is 4.74 Å². The molecule has 0 bridgehead atoms. The van der Waals surface area contributed by atoms with Gasteiger partial charge in [-0.15, -0.1) is 12.4 Å². The Kier molecular flexibility index (Phi) is 6.63. The molecule has 9 heteroatoms. The van der Waals surface area contributed by atoms with Crippen LogP contribution in [0.1, 0.15) is 22.2 Å². The number of anilines is 1. The molecule has 1 amide bonds. The summed E-state index contributed by atoms with van der Waals surface area (Å²) in [6, 6.07) is 4.50. The Bertz CT molecular complexity index is 741. The average Bonchev–Trinajstić information content (AvgIpc) is 2.62. The minimum atomic E-state index is -0.496. The molecule has 0 unspecified atom stereocenters. The first-order valence-electron chi connectivity index (χ1n) is 7.46. The molecule has 2 aromatic rings. The summed E-state index contributed by atoms with van der Waals surface area (Å²) in [4.78, 5) is 20.0. The minimum absolute atomic E-state index is 0. The number of benzene rings is 1. The molecule has 0 spiro atoms. The van der Waals surface area contributed by atoms with E-state index in [9.17, 15) is 9.18 Å². The molecule has 134 valence electrons. The summed E-state index contributed by atoms with van der Waals surface area (Å²) in [5.41, 5.74) is 0.870. The Labute approximate surface area is 150 Å². The highest BCUT2D eigenvalue weighted by Gasteiger charge is 2.20. The number of aromatic nitrogens is 2. The lowest BCUT2D eigenvalue weighted by atomic mass is 10.1. The molecule has 1 fully saturated rings. The molecule has 0 radical (unpaired) electrons. The summed E-state index contributed by atoms with van der Waals surface area (Å²) in [5.74, 6) is -0.700. The number of morpholine rings is 1. The highest BCUT2D eigenvalue weighted by atomic mass is 35.5. The van der Waals surface area contributed by atoms with Crippen LogP contribution in [0.4, 0.5) is 10.1 Å². The number of hydrogen-bond donors (Lipinski definition) is 2. The first-order chi connectivity index (χ1) is 11.7. The van der Waals surface area contributed by atoms with E-state index in [-0.39, 0.29) is 30.1 Å². The van der Waals surface area contributed by atoms with Crippen LogP contribution in [0.3, 0.4) is 0 Å². The number of ether oxygens (including phenoxy) is 2. The van der Waals surface area contributed by atoms with Crippen LogP contribution in [0.5, 0.6) is 5.88 Å². The van der Waals surface area contributed by atoms with Crippen molar-refractivity contribution in [2.75, 3.05) is 32.1 Å². The largest absolute Gasteiger partial charge is 0.480 e. The summed E-state index contributed by atoms with van der Waals surface area (Å²) >= 11 is 0. The molecule has 3 rings (SSSR count). The van der Waals surface area contributed by atoms with Crippen LogP contribution in [0, 0.1) is 5.82 Å². The van der Waals surface area contributed by atoms with Crippen molar-refractivity contribution in [1.82, 2.24) is 15.3 Å². The van der Waals surface area contributed by atoms with Crippen molar-refractivity contribution in [2.24, 2.45) is 0 Å². The molecular weight excluding hydrogens is 351 g/mol. The predicted octanol–water partition coefficient (Wildman–Crippen LogP) is 1.96. The van der Waals surface area contributed by atoms with Crippen LogP contribution < -0.4 is 15.4 Å². The zero-order chi connectivity index (χ0) is 16.9. The number of nitrogens with zero attached hydrogens (tertiary/aromatic N) is 2. The fraction of sp³-hybridized carbons (Fsp3) is 0.312. The third kappa shape index (κ3) is 4.62. The van der Waals surface area contributed by atoms with E-state index in [0.717, 1.165) is 6.54 Å². The van der Waals surface area contributed by atoms with Crippen molar-refractivity contribution in [1.29, 1.82) is 0 Å². The maximum atomic E-state index is 14.3. The van der Waals surface area contributed by atoms with Gasteiger partial charge in [-0.05, 0) is 12.1 Å². The van der Waals surface area contributed by atoms with Gasteiger partial charge >= 0.3 is 0 Å². The lowest BCUT2D eigenvalue weighted by Crippen LogP contribution is -2.33. The van der Waals surface area contributed by atoms with Gasteiger partial charge in [0.15, 0.2) is 5.69 Å². The monoisotopic (exact) mass is 368 g/mol. The third-order valence-electron chi connectivity index (χ3n) is 3.59. The zero-order valence-electron chi connectivity index (χ0n) is 13.5. The Morgan fingerprint density at radius 1 is 1.44 bits per heavy atom. The standard InChI is InChI=1S/C16H17FN4O3.ClH/c1-23-15-9-19-7-13(21-15)16(22)20-10-2-3-11(12(17)6-10)14-8-18-4-5-24-14;/h2-3,6-7,9,14,18H,4-5,8H2,1H3,(H,20,22);1H/t14-;/m1./s1. The molecule has 25 heavy (non-hydrogen) atoms. The number of carbonyl (C=O) groups excluding carboxylic acids is 1. The number of rotatable bonds is 4. The Balaban J connectivity index is 0.00000225. The van der Waals surface area contributed by atoms with E-state index in [1.54, 1.807) is 12.1 Å². The molecule has 7 nitrogen and oxygen atoms in total. The van der Waals surface area contributed by atoms with E-state index in [0.29, 0.717) is 24.4 Å². The second-order valence-electron chi connectivity index (χ2n) is 5.20. The van der Waals surface area contributed by atoms with Gasteiger partial charge in [-0.1, -0.05) is 6.07 Å². The van der Waals surface area contributed by atoms with Crippen molar-refractivity contribution in [2.45, 2.75) is 6.10 Å². The molecule has 1 aromatic heterocycles. The Hall–Kier alpha value is -2.29. The van der Waals surface area contributed by atoms with Crippen LogP contribution >= 0.6 is 12.4 Å². The highest BCUT2D eigenvalue weighted by molar-refractivity contribution is 6.02. The van der Waals surface area contributed by atoms with E-state index < -0.39 is 11.7 Å². The van der Waals surface area contributed by atoms with Gasteiger partial charge in [-0.3, -0.25) is 9.78 Å². The molecule has 1 atom stereocenters. The molecule has 2 N–H and O–H groups in total. The number of carbonyl (C=O) groups is 1. The topological polar surface area (TPSA) is 85.4 Å². The molecule has 1 aliphatic rings. The van der Waals surface area contributed by atoms with E-state index in [1.165, 1.54) is 25.6 Å². The quantitative estimate of drug-likeness (QED) is 0.858. The third-order valence-corrected chi connectivity index (χ3v) is 3.59. The number of methoxy groups -OCH3 is 1. The van der Waals surface area contributed by atoms with Gasteiger partial charge in [-0.25, -0.2) is 9.37 Å². The second kappa shape index (κ2) is 8.70. The number of halogens is 2. The molecule has 0 aliphatic carbocycles. The van der Waals surface area contributed by atoms with Crippen molar-refractivity contribution in [3.63, 3.8) is 0 Å². The Morgan fingerprint density at radius 3 is 2.96 bits per heavy atom. The van der Waals surface area contributed by atoms with Crippen molar-refractivity contribution < 1.29 is 18.7 Å². The number of amides is 1. The summed E-state index contributed by atoms with van der Waals surface area (Å²) in [6.45, 7) is 1.85. The predicted molar refractivity (Wildman–Crippen MR) is 91.7 cm³/mol. The fourth-order valence-electron chi connectivity index (χ4n) is 2.38. The molecule has 1 aliphatic heterocycles. The highest BCUT2D eigenvalue weighted by Crippen LogP contribution is 2.24. The van der Waals surface area contributed by atoms with Crippen LogP contribution in [0.15, 0.2) is 30.6 Å². The van der Waals surface area contributed by atoms with Gasteiger partial charge < -0.3 is 20.1 Å². The number of nitrogens with one attached hydrogen (secondary N) is 2. The van der Waals surface area contributed by atoms with Gasteiger partial charge in [-0.2, -0.15) is 0 Å². The van der Waals surface area contributed by atoms with E-state index in [1.807, 2.05) is 0 Å². The summed E-state index contributed by atoms with van der Waals surface area (Å²) in [5, 5.41) is 5.74. The molecule has 2 heterocycles. The normalized spacial score (nSPS) is 16.6. The maximum absolute atomic E-state index is 14.3. The molecule has 1 saturated heterocycles. The van der Waals surface area contributed by atoms with Crippen LogP contribution in [0.2, 0.25) is 0 Å². The van der Waals surface area contributed by atoms with E-state index in [2.05, 4.69) is 20.6 Å². The van der Waals surface area contributed by atoms with Crippen LogP contribution in [-0.4, -0.2) is 42.7 Å². The maximum Gasteiger partial charge on any atom is 0.276 e. The van der Waals surface area contributed by atoms with Gasteiger partial charge in [0.25, 0.3) is 5.91 Å². The average molecular weight is 369 g/mol. The molecule has 1 aromatic carbocycles. The van der Waals surface area contributed by atoms with Gasteiger partial charge in [0.2, 0.25) is 5.88 Å². The van der Waals surface area contributed by atoms with E-state index in [4.69, 9.17) is 9.47 Å². The molecule has 0 saturated carbocycles. The lowest BCUT2D eigenvalue weighted by molar-refractivity contribution is 0.0255. The van der Waals surface area contributed by atoms with Gasteiger partial charge in [0.05, 0.1) is 32.2 Å². The van der Waals surface area contributed by atoms with Gasteiger partial charge in [0, 0.05) is 24.3 Å². The number of hydrogen-bond acceptors (Lipinski definition) is 6. The lowest BCUT2D eigenvalue weighted by Gasteiger charge is -2.24. The summed E-state index contributed by atoms with van der Waals surface area (Å²) < 4.78 is 24.8. The first kappa shape index (κ1) is 19.0. The van der Waals surface area contributed by atoms with Crippen LogP contribution in [0.25, 0.3) is 0 Å². The zero-order valence-corrected chi connectivity index (χ0v) is 14.3. The van der Waals surface area contributed by atoms with Gasteiger partial charge in [0.1, 0.15) is 5.82 Å². The van der Waals surface area contributed by atoms with E-state index >= 15 is 0 Å². The SMILES string of the molecule is COc1cncc(C(=O)Nc2ccc([C@H]3CNCCO3)c(F)c2)n1.Cl. The second-order valence-corrected chi connectivity index (χ2v) is 5.20. The van der Waals surface area contributed by atoms with Crippen molar-refractivity contribution in [3.05, 3.63) is 47.7 Å².